The third-order valence-electron chi connectivity index (χ3n) is 2.30. The second-order valence-corrected chi connectivity index (χ2v) is 4.59. The standard InChI is InChI=1S/C10H11BrN2O/c1-7-5-13(6-7)10(14)9-3-2-8(11)4-12-9/h2-4,7H,5-6H2,1H3. The first-order valence-electron chi connectivity index (χ1n) is 4.57. The molecule has 1 aliphatic rings. The summed E-state index contributed by atoms with van der Waals surface area (Å²) in [5.74, 6) is 0.671. The Morgan fingerprint density at radius 1 is 1.57 bits per heavy atom. The van der Waals surface area contributed by atoms with Crippen LogP contribution in [0.5, 0.6) is 0 Å². The van der Waals surface area contributed by atoms with E-state index in [0.29, 0.717) is 11.6 Å². The van der Waals surface area contributed by atoms with Crippen molar-refractivity contribution in [2.45, 2.75) is 6.92 Å². The second kappa shape index (κ2) is 3.69. The van der Waals surface area contributed by atoms with Gasteiger partial charge in [-0.25, -0.2) is 4.98 Å². The van der Waals surface area contributed by atoms with E-state index < -0.39 is 0 Å². The minimum Gasteiger partial charge on any atom is -0.337 e. The Hall–Kier alpha value is -0.900. The second-order valence-electron chi connectivity index (χ2n) is 3.68. The van der Waals surface area contributed by atoms with E-state index in [2.05, 4.69) is 27.8 Å². The fraction of sp³-hybridized carbons (Fsp3) is 0.400. The van der Waals surface area contributed by atoms with Crippen molar-refractivity contribution in [2.75, 3.05) is 13.1 Å². The molecule has 0 aliphatic carbocycles. The molecule has 0 aromatic carbocycles. The lowest BCUT2D eigenvalue weighted by Gasteiger charge is -2.36. The first-order valence-corrected chi connectivity index (χ1v) is 5.37. The highest BCUT2D eigenvalue weighted by Gasteiger charge is 2.28. The minimum absolute atomic E-state index is 0.0376. The SMILES string of the molecule is CC1CN(C(=O)c2ccc(Br)cn2)C1. The Morgan fingerprint density at radius 2 is 2.29 bits per heavy atom. The van der Waals surface area contributed by atoms with Crippen LogP contribution in [0.15, 0.2) is 22.8 Å². The van der Waals surface area contributed by atoms with Crippen LogP contribution < -0.4 is 0 Å². The molecule has 0 unspecified atom stereocenters. The van der Waals surface area contributed by atoms with Gasteiger partial charge in [0, 0.05) is 23.8 Å². The highest BCUT2D eigenvalue weighted by Crippen LogP contribution is 2.17. The molecule has 1 amide bonds. The predicted molar refractivity (Wildman–Crippen MR) is 57.0 cm³/mol. The predicted octanol–water partition coefficient (Wildman–Crippen LogP) is 1.94. The van der Waals surface area contributed by atoms with E-state index in [1.807, 2.05) is 11.0 Å². The fourth-order valence-corrected chi connectivity index (χ4v) is 1.76. The number of rotatable bonds is 1. The number of hydrogen-bond acceptors (Lipinski definition) is 2. The van der Waals surface area contributed by atoms with Crippen molar-refractivity contribution in [2.24, 2.45) is 5.92 Å². The molecule has 74 valence electrons. The molecule has 1 aromatic rings. The van der Waals surface area contributed by atoms with Gasteiger partial charge in [0.1, 0.15) is 5.69 Å². The van der Waals surface area contributed by atoms with E-state index in [-0.39, 0.29) is 5.91 Å². The van der Waals surface area contributed by atoms with E-state index in [0.717, 1.165) is 17.6 Å². The molecule has 1 aliphatic heterocycles. The van der Waals surface area contributed by atoms with Crippen molar-refractivity contribution in [3.63, 3.8) is 0 Å². The highest BCUT2D eigenvalue weighted by molar-refractivity contribution is 9.10. The monoisotopic (exact) mass is 254 g/mol. The van der Waals surface area contributed by atoms with Gasteiger partial charge in [-0.1, -0.05) is 6.92 Å². The average Bonchev–Trinajstić information content (AvgIpc) is 2.13. The largest absolute Gasteiger partial charge is 0.337 e. The number of carbonyl (C=O) groups excluding carboxylic acids is 1. The maximum Gasteiger partial charge on any atom is 0.272 e. The van der Waals surface area contributed by atoms with Crippen molar-refractivity contribution in [1.29, 1.82) is 0 Å². The Bertz CT molecular complexity index is 344. The Morgan fingerprint density at radius 3 is 2.79 bits per heavy atom. The van der Waals surface area contributed by atoms with Crippen molar-refractivity contribution < 1.29 is 4.79 Å². The van der Waals surface area contributed by atoms with Gasteiger partial charge in [0.25, 0.3) is 5.91 Å². The Kier molecular flexibility index (Phi) is 2.54. The summed E-state index contributed by atoms with van der Waals surface area (Å²) in [6.07, 6.45) is 1.65. The third kappa shape index (κ3) is 1.80. The first-order chi connectivity index (χ1) is 6.66. The number of hydrogen-bond donors (Lipinski definition) is 0. The van der Waals surface area contributed by atoms with Gasteiger partial charge in [-0.15, -0.1) is 0 Å². The molecule has 1 saturated heterocycles. The zero-order valence-electron chi connectivity index (χ0n) is 7.90. The van der Waals surface area contributed by atoms with Crippen LogP contribution in [0, 0.1) is 5.92 Å². The molecule has 14 heavy (non-hydrogen) atoms. The van der Waals surface area contributed by atoms with Crippen molar-refractivity contribution in [3.8, 4) is 0 Å². The first kappa shape index (κ1) is 9.65. The van der Waals surface area contributed by atoms with Gasteiger partial charge in [-0.05, 0) is 34.0 Å². The van der Waals surface area contributed by atoms with Crippen molar-refractivity contribution in [1.82, 2.24) is 9.88 Å². The number of aromatic nitrogens is 1. The smallest absolute Gasteiger partial charge is 0.272 e. The molecular weight excluding hydrogens is 244 g/mol. The van der Waals surface area contributed by atoms with E-state index >= 15 is 0 Å². The highest BCUT2D eigenvalue weighted by atomic mass is 79.9. The van der Waals surface area contributed by atoms with Gasteiger partial charge in [-0.3, -0.25) is 4.79 Å². The molecule has 2 rings (SSSR count). The molecule has 0 bridgehead atoms. The number of likely N-dealkylation sites (tertiary alicyclic amines) is 1. The number of halogens is 1. The topological polar surface area (TPSA) is 33.2 Å². The zero-order chi connectivity index (χ0) is 10.1. The molecule has 1 aromatic heterocycles. The molecule has 0 spiro atoms. The van der Waals surface area contributed by atoms with Crippen LogP contribution in [0.3, 0.4) is 0 Å². The van der Waals surface area contributed by atoms with Crippen molar-refractivity contribution >= 4 is 21.8 Å². The summed E-state index contributed by atoms with van der Waals surface area (Å²) >= 11 is 3.28. The van der Waals surface area contributed by atoms with Gasteiger partial charge in [0.05, 0.1) is 0 Å². The summed E-state index contributed by atoms with van der Waals surface area (Å²) in [6, 6.07) is 3.58. The van der Waals surface area contributed by atoms with Crippen LogP contribution in [0.2, 0.25) is 0 Å². The summed E-state index contributed by atoms with van der Waals surface area (Å²) in [5.41, 5.74) is 0.528. The lowest BCUT2D eigenvalue weighted by atomic mass is 10.0. The molecule has 0 radical (unpaired) electrons. The van der Waals surface area contributed by atoms with E-state index in [4.69, 9.17) is 0 Å². The van der Waals surface area contributed by atoms with Crippen LogP contribution in [-0.4, -0.2) is 28.9 Å². The molecule has 4 heteroatoms. The summed E-state index contributed by atoms with van der Waals surface area (Å²) in [6.45, 7) is 3.85. The summed E-state index contributed by atoms with van der Waals surface area (Å²) in [4.78, 5) is 17.6. The van der Waals surface area contributed by atoms with Gasteiger partial charge < -0.3 is 4.90 Å². The normalized spacial score (nSPS) is 16.6. The third-order valence-corrected chi connectivity index (χ3v) is 2.77. The maximum atomic E-state index is 11.7. The molecule has 3 nitrogen and oxygen atoms in total. The van der Waals surface area contributed by atoms with Gasteiger partial charge in [0.2, 0.25) is 0 Å². The van der Waals surface area contributed by atoms with E-state index in [1.54, 1.807) is 12.3 Å². The average molecular weight is 255 g/mol. The number of pyridine rings is 1. The lowest BCUT2D eigenvalue weighted by Crippen LogP contribution is -2.48. The molecule has 0 N–H and O–H groups in total. The lowest BCUT2D eigenvalue weighted by molar-refractivity contribution is 0.0524. The van der Waals surface area contributed by atoms with Crippen LogP contribution in [-0.2, 0) is 0 Å². The molecular formula is C10H11BrN2O. The number of amides is 1. The van der Waals surface area contributed by atoms with Crippen molar-refractivity contribution in [3.05, 3.63) is 28.5 Å². The molecule has 1 fully saturated rings. The van der Waals surface area contributed by atoms with Crippen LogP contribution >= 0.6 is 15.9 Å². The van der Waals surface area contributed by atoms with E-state index in [9.17, 15) is 4.79 Å². The summed E-state index contributed by atoms with van der Waals surface area (Å²) < 4.78 is 0.894. The maximum absolute atomic E-state index is 11.7. The summed E-state index contributed by atoms with van der Waals surface area (Å²) in [7, 11) is 0. The van der Waals surface area contributed by atoms with Crippen LogP contribution in [0.1, 0.15) is 17.4 Å². The Balaban J connectivity index is 2.08. The van der Waals surface area contributed by atoms with Gasteiger partial charge in [-0.2, -0.15) is 0 Å². The Labute approximate surface area is 91.3 Å². The van der Waals surface area contributed by atoms with Gasteiger partial charge >= 0.3 is 0 Å². The fourth-order valence-electron chi connectivity index (χ4n) is 1.53. The van der Waals surface area contributed by atoms with E-state index in [1.165, 1.54) is 0 Å². The number of nitrogens with zero attached hydrogens (tertiary/aromatic N) is 2. The van der Waals surface area contributed by atoms with Gasteiger partial charge in [0.15, 0.2) is 0 Å². The quantitative estimate of drug-likeness (QED) is 0.768. The molecule has 2 heterocycles. The minimum atomic E-state index is 0.0376. The zero-order valence-corrected chi connectivity index (χ0v) is 9.49. The molecule has 0 atom stereocenters. The van der Waals surface area contributed by atoms with Crippen LogP contribution in [0.4, 0.5) is 0 Å². The summed E-state index contributed by atoms with van der Waals surface area (Å²) in [5, 5.41) is 0. The van der Waals surface area contributed by atoms with Crippen LogP contribution in [0.25, 0.3) is 0 Å². The number of carbonyl (C=O) groups is 1. The molecule has 0 saturated carbocycles.